The van der Waals surface area contributed by atoms with Crippen LogP contribution in [0.25, 0.3) is 0 Å². The van der Waals surface area contributed by atoms with Crippen LogP contribution >= 0.6 is 0 Å². The third-order valence-electron chi connectivity index (χ3n) is 4.59. The van der Waals surface area contributed by atoms with Crippen LogP contribution in [0.5, 0.6) is 5.75 Å². The second-order valence-corrected chi connectivity index (χ2v) is 6.42. The molecule has 0 saturated heterocycles. The Balaban J connectivity index is 1.65. The largest absolute Gasteiger partial charge is 0.496 e. The summed E-state index contributed by atoms with van der Waals surface area (Å²) in [6.45, 7) is 2.03. The van der Waals surface area contributed by atoms with Crippen molar-refractivity contribution in [2.75, 3.05) is 19.0 Å². The zero-order chi connectivity index (χ0) is 17.9. The molecule has 0 radical (unpaired) electrons. The summed E-state index contributed by atoms with van der Waals surface area (Å²) in [6.07, 6.45) is 2.07. The molecule has 25 heavy (non-hydrogen) atoms. The van der Waals surface area contributed by atoms with Gasteiger partial charge >= 0.3 is 0 Å². The van der Waals surface area contributed by atoms with Crippen LogP contribution in [-0.2, 0) is 10.2 Å². The standard InChI is InChI=1S/C20H22N2O3/c1-14(23)22-16-9-7-15(8-10-16)19(24)21-13-20(11-12-20)17-5-3-4-6-18(17)25-2/h3-10H,11-13H2,1-2H3,(H,21,24)(H,22,23). The molecule has 1 aliphatic rings. The topological polar surface area (TPSA) is 67.4 Å². The number of carbonyl (C=O) groups is 2. The fraction of sp³-hybridized carbons (Fsp3) is 0.300. The Morgan fingerprint density at radius 2 is 1.76 bits per heavy atom. The van der Waals surface area contributed by atoms with Gasteiger partial charge in [-0.25, -0.2) is 0 Å². The summed E-state index contributed by atoms with van der Waals surface area (Å²) >= 11 is 0. The summed E-state index contributed by atoms with van der Waals surface area (Å²) in [5.74, 6) is 0.620. The average Bonchev–Trinajstić information content (AvgIpc) is 3.41. The highest BCUT2D eigenvalue weighted by Crippen LogP contribution is 2.50. The minimum Gasteiger partial charge on any atom is -0.496 e. The molecule has 0 bridgehead atoms. The molecule has 2 aromatic carbocycles. The monoisotopic (exact) mass is 338 g/mol. The molecule has 1 saturated carbocycles. The molecule has 0 unspecified atom stereocenters. The predicted octanol–water partition coefficient (Wildman–Crippen LogP) is 3.12. The third-order valence-corrected chi connectivity index (χ3v) is 4.59. The van der Waals surface area contributed by atoms with E-state index in [9.17, 15) is 9.59 Å². The first-order valence-corrected chi connectivity index (χ1v) is 8.33. The molecule has 3 rings (SSSR count). The number of benzene rings is 2. The number of ether oxygens (including phenoxy) is 1. The molecule has 130 valence electrons. The number of hydrogen-bond acceptors (Lipinski definition) is 3. The van der Waals surface area contributed by atoms with Crippen LogP contribution in [-0.4, -0.2) is 25.5 Å². The molecule has 5 heteroatoms. The average molecular weight is 338 g/mol. The van der Waals surface area contributed by atoms with Crippen molar-refractivity contribution in [1.82, 2.24) is 5.32 Å². The highest BCUT2D eigenvalue weighted by atomic mass is 16.5. The zero-order valence-corrected chi connectivity index (χ0v) is 14.5. The summed E-state index contributed by atoms with van der Waals surface area (Å²) in [5, 5.41) is 5.72. The van der Waals surface area contributed by atoms with Crippen molar-refractivity contribution >= 4 is 17.5 Å². The van der Waals surface area contributed by atoms with E-state index in [1.165, 1.54) is 6.92 Å². The van der Waals surface area contributed by atoms with E-state index in [0.29, 0.717) is 17.8 Å². The minimum atomic E-state index is -0.135. The van der Waals surface area contributed by atoms with Crippen LogP contribution in [0.1, 0.15) is 35.7 Å². The number of nitrogens with one attached hydrogen (secondary N) is 2. The number of rotatable bonds is 6. The Bertz CT molecular complexity index is 780. The maximum atomic E-state index is 12.4. The smallest absolute Gasteiger partial charge is 0.251 e. The molecular weight excluding hydrogens is 316 g/mol. The number of methoxy groups -OCH3 is 1. The van der Waals surface area contributed by atoms with Gasteiger partial charge in [-0.3, -0.25) is 9.59 Å². The Morgan fingerprint density at radius 1 is 1.08 bits per heavy atom. The lowest BCUT2D eigenvalue weighted by molar-refractivity contribution is -0.114. The van der Waals surface area contributed by atoms with Gasteiger partial charge in [0.2, 0.25) is 5.91 Å². The quantitative estimate of drug-likeness (QED) is 0.850. The lowest BCUT2D eigenvalue weighted by Crippen LogP contribution is -2.32. The van der Waals surface area contributed by atoms with Crippen LogP contribution in [0, 0.1) is 0 Å². The number of hydrogen-bond donors (Lipinski definition) is 2. The van der Waals surface area contributed by atoms with Crippen molar-refractivity contribution in [3.8, 4) is 5.75 Å². The molecular formula is C20H22N2O3. The predicted molar refractivity (Wildman–Crippen MR) is 97.0 cm³/mol. The summed E-state index contributed by atoms with van der Waals surface area (Å²) in [7, 11) is 1.67. The first-order chi connectivity index (χ1) is 12.0. The van der Waals surface area contributed by atoms with E-state index >= 15 is 0 Å². The SMILES string of the molecule is COc1ccccc1C1(CNC(=O)c2ccc(NC(C)=O)cc2)CC1. The third kappa shape index (κ3) is 3.82. The molecule has 2 aromatic rings. The van der Waals surface area contributed by atoms with Crippen LogP contribution in [0.15, 0.2) is 48.5 Å². The molecule has 0 aromatic heterocycles. The molecule has 1 aliphatic carbocycles. The number of carbonyl (C=O) groups excluding carboxylic acids is 2. The lowest BCUT2D eigenvalue weighted by atomic mass is 9.94. The second-order valence-electron chi connectivity index (χ2n) is 6.42. The summed E-state index contributed by atoms with van der Waals surface area (Å²) in [4.78, 5) is 23.4. The van der Waals surface area contributed by atoms with Gasteiger partial charge in [0.05, 0.1) is 7.11 Å². The number of anilines is 1. The van der Waals surface area contributed by atoms with Crippen LogP contribution in [0.4, 0.5) is 5.69 Å². The summed E-state index contributed by atoms with van der Waals surface area (Å²) in [6, 6.07) is 14.9. The van der Waals surface area contributed by atoms with Gasteiger partial charge in [-0.05, 0) is 43.2 Å². The van der Waals surface area contributed by atoms with Crippen molar-refractivity contribution in [3.05, 3.63) is 59.7 Å². The first-order valence-electron chi connectivity index (χ1n) is 8.33. The van der Waals surface area contributed by atoms with E-state index in [1.807, 2.05) is 18.2 Å². The second kappa shape index (κ2) is 6.97. The molecule has 0 aliphatic heterocycles. The van der Waals surface area contributed by atoms with Gasteiger partial charge in [-0.2, -0.15) is 0 Å². The van der Waals surface area contributed by atoms with Crippen molar-refractivity contribution in [2.45, 2.75) is 25.2 Å². The van der Waals surface area contributed by atoms with E-state index in [4.69, 9.17) is 4.74 Å². The molecule has 5 nitrogen and oxygen atoms in total. The molecule has 0 atom stereocenters. The minimum absolute atomic E-state index is 0.0294. The highest BCUT2D eigenvalue weighted by Gasteiger charge is 2.46. The van der Waals surface area contributed by atoms with E-state index in [-0.39, 0.29) is 17.2 Å². The van der Waals surface area contributed by atoms with Gasteiger partial charge in [0.25, 0.3) is 5.91 Å². The Kier molecular flexibility index (Phi) is 4.74. The number of amides is 2. The van der Waals surface area contributed by atoms with Crippen LogP contribution < -0.4 is 15.4 Å². The highest BCUT2D eigenvalue weighted by molar-refractivity contribution is 5.95. The summed E-state index contributed by atoms with van der Waals surface area (Å²) in [5.41, 5.74) is 2.37. The zero-order valence-electron chi connectivity index (χ0n) is 14.5. The van der Waals surface area contributed by atoms with Crippen molar-refractivity contribution in [2.24, 2.45) is 0 Å². The Morgan fingerprint density at radius 3 is 2.36 bits per heavy atom. The molecule has 2 amide bonds. The Hall–Kier alpha value is -2.82. The van der Waals surface area contributed by atoms with Gasteiger partial charge in [0, 0.05) is 35.7 Å². The Labute approximate surface area is 147 Å². The van der Waals surface area contributed by atoms with E-state index < -0.39 is 0 Å². The van der Waals surface area contributed by atoms with E-state index in [2.05, 4.69) is 16.7 Å². The molecule has 1 fully saturated rings. The van der Waals surface area contributed by atoms with Crippen LogP contribution in [0.3, 0.4) is 0 Å². The van der Waals surface area contributed by atoms with Gasteiger partial charge in [0.15, 0.2) is 0 Å². The normalized spacial score (nSPS) is 14.5. The lowest BCUT2D eigenvalue weighted by Gasteiger charge is -2.19. The van der Waals surface area contributed by atoms with Gasteiger partial charge in [0.1, 0.15) is 5.75 Å². The molecule has 0 heterocycles. The van der Waals surface area contributed by atoms with E-state index in [0.717, 1.165) is 24.2 Å². The van der Waals surface area contributed by atoms with Gasteiger partial charge in [-0.15, -0.1) is 0 Å². The molecule has 0 spiro atoms. The molecule has 2 N–H and O–H groups in total. The summed E-state index contributed by atoms with van der Waals surface area (Å²) < 4.78 is 5.46. The van der Waals surface area contributed by atoms with Gasteiger partial charge < -0.3 is 15.4 Å². The van der Waals surface area contributed by atoms with Crippen molar-refractivity contribution in [1.29, 1.82) is 0 Å². The fourth-order valence-electron chi connectivity index (χ4n) is 3.03. The van der Waals surface area contributed by atoms with E-state index in [1.54, 1.807) is 31.4 Å². The fourth-order valence-corrected chi connectivity index (χ4v) is 3.03. The first kappa shape index (κ1) is 17.0. The van der Waals surface area contributed by atoms with Crippen LogP contribution in [0.2, 0.25) is 0 Å². The number of para-hydroxylation sites is 1. The van der Waals surface area contributed by atoms with Gasteiger partial charge in [-0.1, -0.05) is 18.2 Å². The maximum Gasteiger partial charge on any atom is 0.251 e. The van der Waals surface area contributed by atoms with Crippen molar-refractivity contribution < 1.29 is 14.3 Å². The van der Waals surface area contributed by atoms with Crippen molar-refractivity contribution in [3.63, 3.8) is 0 Å². The maximum absolute atomic E-state index is 12.4.